The number of aldehydes is 1. The molecular weight excluding hydrogens is 192 g/mol. The van der Waals surface area contributed by atoms with E-state index in [2.05, 4.69) is 11.3 Å². The van der Waals surface area contributed by atoms with E-state index in [0.717, 1.165) is 12.7 Å². The Bertz CT molecular complexity index is 107. The summed E-state index contributed by atoms with van der Waals surface area (Å²) in [5, 5.41) is 8.60. The maximum Gasteiger partial charge on any atom is 0.159 e. The van der Waals surface area contributed by atoms with Gasteiger partial charge in [-0.05, 0) is 20.3 Å². The molecule has 0 aromatic carbocycles. The van der Waals surface area contributed by atoms with E-state index in [1.165, 1.54) is 7.11 Å². The van der Waals surface area contributed by atoms with E-state index < -0.39 is 5.79 Å². The zero-order valence-corrected chi connectivity index (χ0v) is 10.0. The summed E-state index contributed by atoms with van der Waals surface area (Å²) >= 11 is 0. The Morgan fingerprint density at radius 1 is 1.33 bits per heavy atom. The van der Waals surface area contributed by atoms with Crippen LogP contribution in [0.25, 0.3) is 0 Å². The van der Waals surface area contributed by atoms with Gasteiger partial charge in [-0.15, -0.1) is 6.58 Å². The molecule has 94 valence electrons. The summed E-state index contributed by atoms with van der Waals surface area (Å²) in [5.74, 6) is -0.958. The normalized spacial score (nSPS) is 8.13. The van der Waals surface area contributed by atoms with Gasteiger partial charge in [-0.25, -0.2) is 0 Å². The van der Waals surface area contributed by atoms with Gasteiger partial charge in [-0.3, -0.25) is 0 Å². The third-order valence-corrected chi connectivity index (χ3v) is 0.988. The summed E-state index contributed by atoms with van der Waals surface area (Å²) in [6, 6.07) is 0. The van der Waals surface area contributed by atoms with Crippen molar-refractivity contribution in [1.82, 2.24) is 0 Å². The fraction of sp³-hybridized carbons (Fsp3) is 0.750. The van der Waals surface area contributed by atoms with Gasteiger partial charge in [0.2, 0.25) is 0 Å². The van der Waals surface area contributed by atoms with Crippen molar-refractivity contribution in [3.05, 3.63) is 12.7 Å². The van der Waals surface area contributed by atoms with Gasteiger partial charge >= 0.3 is 0 Å². The molecule has 0 spiro atoms. The van der Waals surface area contributed by atoms with Gasteiger partial charge in [0, 0.05) is 13.5 Å². The highest BCUT2D eigenvalue weighted by molar-refractivity contribution is 5.49. The first kappa shape index (κ1) is 23.9. The summed E-state index contributed by atoms with van der Waals surface area (Å²) in [6.45, 7) is 10.6. The summed E-state index contributed by atoms with van der Waals surface area (Å²) in [7, 11) is 1.46. The second-order valence-electron chi connectivity index (χ2n) is 2.68. The van der Waals surface area contributed by atoms with Crippen LogP contribution in [0.15, 0.2) is 12.7 Å². The molecule has 1 N–H and O–H groups in total. The number of rotatable bonds is 4. The first-order valence-corrected chi connectivity index (χ1v) is 4.80. The standard InChI is InChI=1S/C5H8O.C4H10O2.C2H6.CH4/c1-2-3-4-5-6;1-4(2,5)6-3;1-2;/h2,5H,1,3-4H2;5H,1-3H3;1-2H3;1H4. The average molecular weight is 220 g/mol. The second-order valence-corrected chi connectivity index (χ2v) is 2.68. The topological polar surface area (TPSA) is 46.5 Å². The number of hydrogen-bond donors (Lipinski definition) is 1. The van der Waals surface area contributed by atoms with E-state index in [9.17, 15) is 4.79 Å². The first-order valence-electron chi connectivity index (χ1n) is 4.80. The highest BCUT2D eigenvalue weighted by atomic mass is 16.6. The molecule has 0 radical (unpaired) electrons. The van der Waals surface area contributed by atoms with Crippen LogP contribution in [0.3, 0.4) is 0 Å². The molecule has 0 bridgehead atoms. The van der Waals surface area contributed by atoms with E-state index >= 15 is 0 Å². The lowest BCUT2D eigenvalue weighted by Gasteiger charge is -2.12. The van der Waals surface area contributed by atoms with E-state index in [1.807, 2.05) is 13.8 Å². The van der Waals surface area contributed by atoms with Crippen molar-refractivity contribution in [1.29, 1.82) is 0 Å². The lowest BCUT2D eigenvalue weighted by molar-refractivity contribution is -0.155. The summed E-state index contributed by atoms with van der Waals surface area (Å²) in [6.07, 6.45) is 4.04. The van der Waals surface area contributed by atoms with Crippen molar-refractivity contribution >= 4 is 6.29 Å². The number of carbonyl (C=O) groups is 1. The molecule has 0 rings (SSSR count). The number of ether oxygens (including phenoxy) is 1. The van der Waals surface area contributed by atoms with Crippen LogP contribution in [-0.4, -0.2) is 24.3 Å². The van der Waals surface area contributed by atoms with Crippen LogP contribution < -0.4 is 0 Å². The molecule has 0 saturated heterocycles. The number of carbonyl (C=O) groups excluding carboxylic acids is 1. The van der Waals surface area contributed by atoms with Crippen molar-refractivity contribution in [2.45, 2.75) is 53.8 Å². The third kappa shape index (κ3) is 60.2. The van der Waals surface area contributed by atoms with Gasteiger partial charge in [0.1, 0.15) is 6.29 Å². The maximum absolute atomic E-state index is 9.52. The fourth-order valence-corrected chi connectivity index (χ4v) is 0.186. The smallest absolute Gasteiger partial charge is 0.159 e. The molecule has 0 saturated carbocycles. The Labute approximate surface area is 95.2 Å². The Morgan fingerprint density at radius 2 is 1.67 bits per heavy atom. The largest absolute Gasteiger partial charge is 0.366 e. The van der Waals surface area contributed by atoms with Crippen molar-refractivity contribution in [3.63, 3.8) is 0 Å². The molecule has 0 aliphatic carbocycles. The fourth-order valence-electron chi connectivity index (χ4n) is 0.186. The molecule has 0 atom stereocenters. The third-order valence-electron chi connectivity index (χ3n) is 0.988. The highest BCUT2D eigenvalue weighted by Crippen LogP contribution is 1.97. The zero-order valence-electron chi connectivity index (χ0n) is 10.0. The average Bonchev–Trinajstić information content (AvgIpc) is 2.18. The Balaban J connectivity index is -0.0000000653. The minimum atomic E-state index is -0.958. The summed E-state index contributed by atoms with van der Waals surface area (Å²) in [4.78, 5) is 9.52. The quantitative estimate of drug-likeness (QED) is 0.342. The van der Waals surface area contributed by atoms with Crippen molar-refractivity contribution < 1.29 is 14.6 Å². The van der Waals surface area contributed by atoms with Gasteiger partial charge in [0.25, 0.3) is 0 Å². The van der Waals surface area contributed by atoms with E-state index in [1.54, 1.807) is 19.9 Å². The van der Waals surface area contributed by atoms with Gasteiger partial charge < -0.3 is 14.6 Å². The molecule has 3 heteroatoms. The summed E-state index contributed by atoms with van der Waals surface area (Å²) in [5.41, 5.74) is 0. The predicted octanol–water partition coefficient (Wildman–Crippen LogP) is 3.18. The molecule has 0 fully saturated rings. The Hall–Kier alpha value is -0.670. The monoisotopic (exact) mass is 220 g/mol. The van der Waals surface area contributed by atoms with Crippen molar-refractivity contribution in [3.8, 4) is 0 Å². The lowest BCUT2D eigenvalue weighted by atomic mass is 10.3. The molecule has 0 amide bonds. The van der Waals surface area contributed by atoms with Crippen LogP contribution in [0.2, 0.25) is 0 Å². The van der Waals surface area contributed by atoms with Crippen LogP contribution in [0.1, 0.15) is 48.0 Å². The highest BCUT2D eigenvalue weighted by Gasteiger charge is 2.06. The van der Waals surface area contributed by atoms with Crippen LogP contribution in [0.5, 0.6) is 0 Å². The van der Waals surface area contributed by atoms with Gasteiger partial charge in [0.15, 0.2) is 5.79 Å². The Morgan fingerprint density at radius 3 is 1.73 bits per heavy atom. The van der Waals surface area contributed by atoms with E-state index in [0.29, 0.717) is 6.42 Å². The first-order chi connectivity index (χ1) is 6.47. The van der Waals surface area contributed by atoms with Crippen LogP contribution in [0, 0.1) is 0 Å². The minimum absolute atomic E-state index is 0. The molecule has 0 aromatic rings. The predicted molar refractivity (Wildman–Crippen MR) is 66.9 cm³/mol. The molecule has 0 heterocycles. The van der Waals surface area contributed by atoms with E-state index in [-0.39, 0.29) is 7.43 Å². The second kappa shape index (κ2) is 19.0. The van der Waals surface area contributed by atoms with Crippen molar-refractivity contribution in [2.24, 2.45) is 0 Å². The minimum Gasteiger partial charge on any atom is -0.366 e. The molecule has 0 aliphatic rings. The molecule has 0 unspecified atom stereocenters. The van der Waals surface area contributed by atoms with Gasteiger partial charge in [-0.2, -0.15) is 0 Å². The van der Waals surface area contributed by atoms with Crippen LogP contribution in [-0.2, 0) is 9.53 Å². The number of hydrogen-bond acceptors (Lipinski definition) is 3. The van der Waals surface area contributed by atoms with Crippen molar-refractivity contribution in [2.75, 3.05) is 7.11 Å². The number of methoxy groups -OCH3 is 1. The maximum atomic E-state index is 9.52. The van der Waals surface area contributed by atoms with Gasteiger partial charge in [-0.1, -0.05) is 27.4 Å². The Kier molecular flexibility index (Phi) is 30.2. The molecule has 0 aromatic heterocycles. The SMILES string of the molecule is C.C=CCCC=O.CC.COC(C)(C)O. The zero-order chi connectivity index (χ0) is 12.0. The number of aliphatic hydroxyl groups is 1. The molecule has 15 heavy (non-hydrogen) atoms. The van der Waals surface area contributed by atoms with Gasteiger partial charge in [0.05, 0.1) is 0 Å². The molecule has 3 nitrogen and oxygen atoms in total. The molecular formula is C12H28O3. The van der Waals surface area contributed by atoms with Crippen LogP contribution in [0.4, 0.5) is 0 Å². The lowest BCUT2D eigenvalue weighted by Crippen LogP contribution is -2.20. The number of unbranched alkanes of at least 4 members (excludes halogenated alkanes) is 1. The molecule has 0 aliphatic heterocycles. The van der Waals surface area contributed by atoms with E-state index in [4.69, 9.17) is 5.11 Å². The number of allylic oxidation sites excluding steroid dienone is 1. The van der Waals surface area contributed by atoms with Crippen LogP contribution >= 0.6 is 0 Å². The summed E-state index contributed by atoms with van der Waals surface area (Å²) < 4.78 is 4.49.